The van der Waals surface area contributed by atoms with Gasteiger partial charge >= 0.3 is 6.18 Å². The number of rotatable bonds is 6. The van der Waals surface area contributed by atoms with Crippen LogP contribution in [0.1, 0.15) is 22.3 Å². The minimum atomic E-state index is -4.30. The van der Waals surface area contributed by atoms with Crippen molar-refractivity contribution in [2.24, 2.45) is 0 Å². The topological polar surface area (TPSA) is 76.5 Å². The van der Waals surface area contributed by atoms with Gasteiger partial charge in [0.2, 0.25) is 5.91 Å². The fraction of sp³-hybridized carbons (Fsp3) is 0.421. The molecule has 3 rings (SSSR count). The van der Waals surface area contributed by atoms with Crippen molar-refractivity contribution in [3.05, 3.63) is 47.7 Å². The van der Waals surface area contributed by atoms with Crippen LogP contribution in [-0.4, -0.2) is 59.0 Å². The smallest absolute Gasteiger partial charge is 0.378 e. The molecule has 29 heavy (non-hydrogen) atoms. The molecule has 156 valence electrons. The molecule has 10 heteroatoms. The van der Waals surface area contributed by atoms with Gasteiger partial charge in [-0.1, -0.05) is 18.2 Å². The molecule has 0 spiro atoms. The van der Waals surface area contributed by atoms with Gasteiger partial charge in [-0.15, -0.1) is 0 Å². The SMILES string of the molecule is O=C(Nc1ccn(CC(=O)N2CCOCC2)n1)c1ccccc1CCC(F)(F)F. The van der Waals surface area contributed by atoms with E-state index in [0.717, 1.165) is 0 Å². The van der Waals surface area contributed by atoms with E-state index in [1.54, 1.807) is 23.2 Å². The Labute approximate surface area is 165 Å². The minimum Gasteiger partial charge on any atom is -0.378 e. The normalized spacial score (nSPS) is 14.7. The quantitative estimate of drug-likeness (QED) is 0.794. The highest BCUT2D eigenvalue weighted by molar-refractivity contribution is 6.04. The van der Waals surface area contributed by atoms with Crippen LogP contribution in [0, 0.1) is 0 Å². The van der Waals surface area contributed by atoms with Gasteiger partial charge in [0.05, 0.1) is 13.2 Å². The molecule has 1 fully saturated rings. The number of halogens is 3. The maximum Gasteiger partial charge on any atom is 0.389 e. The summed E-state index contributed by atoms with van der Waals surface area (Å²) in [6.07, 6.45) is -4.02. The third-order valence-corrected chi connectivity index (χ3v) is 4.48. The number of nitrogens with zero attached hydrogens (tertiary/aromatic N) is 3. The highest BCUT2D eigenvalue weighted by Crippen LogP contribution is 2.23. The Hall–Kier alpha value is -2.88. The zero-order chi connectivity index (χ0) is 20.9. The maximum atomic E-state index is 12.5. The number of morpholine rings is 1. The van der Waals surface area contributed by atoms with Crippen molar-refractivity contribution < 1.29 is 27.5 Å². The van der Waals surface area contributed by atoms with E-state index in [1.165, 1.54) is 22.9 Å². The van der Waals surface area contributed by atoms with E-state index < -0.39 is 18.5 Å². The van der Waals surface area contributed by atoms with Crippen molar-refractivity contribution in [3.8, 4) is 0 Å². The van der Waals surface area contributed by atoms with Crippen LogP contribution < -0.4 is 5.32 Å². The van der Waals surface area contributed by atoms with Gasteiger partial charge in [-0.25, -0.2) is 0 Å². The predicted octanol–water partition coefficient (Wildman–Crippen LogP) is 2.49. The number of carbonyl (C=O) groups excluding carboxylic acids is 2. The number of amides is 2. The summed E-state index contributed by atoms with van der Waals surface area (Å²) in [6.45, 7) is 2.08. The number of carbonyl (C=O) groups is 2. The number of aromatic nitrogens is 2. The molecule has 0 unspecified atom stereocenters. The Bertz CT molecular complexity index is 860. The standard InChI is InChI=1S/C19H21F3N4O3/c20-19(21,22)7-5-14-3-1-2-4-15(14)18(28)23-16-6-8-26(24-16)13-17(27)25-9-11-29-12-10-25/h1-4,6,8H,5,7,9-13H2,(H,23,24,28). The molecule has 0 aliphatic carbocycles. The summed E-state index contributed by atoms with van der Waals surface area (Å²) in [5.41, 5.74) is 0.472. The Morgan fingerprint density at radius 2 is 1.86 bits per heavy atom. The Kier molecular flexibility index (Phi) is 6.53. The average Bonchev–Trinajstić information content (AvgIpc) is 3.13. The first-order valence-corrected chi connectivity index (χ1v) is 9.17. The lowest BCUT2D eigenvalue weighted by Gasteiger charge is -2.26. The first-order chi connectivity index (χ1) is 13.8. The van der Waals surface area contributed by atoms with Gasteiger partial charge in [0, 0.05) is 37.3 Å². The van der Waals surface area contributed by atoms with E-state index in [4.69, 9.17) is 4.74 Å². The van der Waals surface area contributed by atoms with Crippen LogP contribution in [-0.2, 0) is 22.5 Å². The van der Waals surface area contributed by atoms with Crippen molar-refractivity contribution in [1.82, 2.24) is 14.7 Å². The summed E-state index contributed by atoms with van der Waals surface area (Å²) < 4.78 is 44.1. The fourth-order valence-corrected chi connectivity index (χ4v) is 2.99. The van der Waals surface area contributed by atoms with E-state index in [2.05, 4.69) is 10.4 Å². The number of aryl methyl sites for hydroxylation is 1. The van der Waals surface area contributed by atoms with Crippen molar-refractivity contribution in [2.45, 2.75) is 25.6 Å². The molecule has 1 aromatic carbocycles. The molecule has 1 aliphatic heterocycles. The Morgan fingerprint density at radius 3 is 2.59 bits per heavy atom. The first-order valence-electron chi connectivity index (χ1n) is 9.17. The molecule has 7 nitrogen and oxygen atoms in total. The van der Waals surface area contributed by atoms with Gasteiger partial charge in [-0.05, 0) is 18.1 Å². The van der Waals surface area contributed by atoms with E-state index in [9.17, 15) is 22.8 Å². The van der Waals surface area contributed by atoms with E-state index in [0.29, 0.717) is 31.9 Å². The van der Waals surface area contributed by atoms with Gasteiger partial charge in [0.25, 0.3) is 5.91 Å². The molecule has 1 aromatic heterocycles. The Balaban J connectivity index is 1.61. The van der Waals surface area contributed by atoms with Gasteiger partial charge in [0.1, 0.15) is 6.54 Å². The van der Waals surface area contributed by atoms with Crippen molar-refractivity contribution in [3.63, 3.8) is 0 Å². The van der Waals surface area contributed by atoms with Crippen LogP contribution in [0.2, 0.25) is 0 Å². The van der Waals surface area contributed by atoms with Crippen LogP contribution >= 0.6 is 0 Å². The number of nitrogens with one attached hydrogen (secondary N) is 1. The van der Waals surface area contributed by atoms with Crippen LogP contribution in [0.4, 0.5) is 19.0 Å². The van der Waals surface area contributed by atoms with Crippen LogP contribution in [0.25, 0.3) is 0 Å². The van der Waals surface area contributed by atoms with Crippen molar-refractivity contribution in [1.29, 1.82) is 0 Å². The zero-order valence-corrected chi connectivity index (χ0v) is 15.6. The average molecular weight is 410 g/mol. The van der Waals surface area contributed by atoms with Crippen molar-refractivity contribution in [2.75, 3.05) is 31.6 Å². The van der Waals surface area contributed by atoms with Crippen LogP contribution in [0.3, 0.4) is 0 Å². The number of anilines is 1. The molecule has 0 radical (unpaired) electrons. The van der Waals surface area contributed by atoms with Crippen molar-refractivity contribution >= 4 is 17.6 Å². The molecule has 0 saturated carbocycles. The summed E-state index contributed by atoms with van der Waals surface area (Å²) in [7, 11) is 0. The van der Waals surface area contributed by atoms with E-state index in [-0.39, 0.29) is 30.3 Å². The zero-order valence-electron chi connectivity index (χ0n) is 15.6. The lowest BCUT2D eigenvalue weighted by Crippen LogP contribution is -2.42. The number of hydrogen-bond acceptors (Lipinski definition) is 4. The number of ether oxygens (including phenoxy) is 1. The molecular weight excluding hydrogens is 389 g/mol. The van der Waals surface area contributed by atoms with Gasteiger partial charge in [-0.2, -0.15) is 18.3 Å². The number of benzene rings is 1. The second-order valence-electron chi connectivity index (χ2n) is 6.62. The number of alkyl halides is 3. The summed E-state index contributed by atoms with van der Waals surface area (Å²) in [5, 5.41) is 6.72. The fourth-order valence-electron chi connectivity index (χ4n) is 2.99. The molecule has 2 aromatic rings. The molecule has 1 saturated heterocycles. The lowest BCUT2D eigenvalue weighted by molar-refractivity contribution is -0.136. The van der Waals surface area contributed by atoms with Gasteiger partial charge < -0.3 is 15.0 Å². The summed E-state index contributed by atoms with van der Waals surface area (Å²) in [5.74, 6) is -0.435. The molecule has 2 heterocycles. The van der Waals surface area contributed by atoms with Crippen LogP contribution in [0.5, 0.6) is 0 Å². The second kappa shape index (κ2) is 9.08. The molecule has 1 N–H and O–H groups in total. The van der Waals surface area contributed by atoms with Gasteiger partial charge in [-0.3, -0.25) is 14.3 Å². The third kappa shape index (κ3) is 6.05. The van der Waals surface area contributed by atoms with Gasteiger partial charge in [0.15, 0.2) is 5.82 Å². The largest absolute Gasteiger partial charge is 0.389 e. The molecule has 0 atom stereocenters. The Morgan fingerprint density at radius 1 is 1.14 bits per heavy atom. The summed E-state index contributed by atoms with van der Waals surface area (Å²) in [6, 6.07) is 7.68. The summed E-state index contributed by atoms with van der Waals surface area (Å²) >= 11 is 0. The molecule has 2 amide bonds. The first kappa shape index (κ1) is 20.8. The highest BCUT2D eigenvalue weighted by Gasteiger charge is 2.27. The minimum absolute atomic E-state index is 0.0258. The predicted molar refractivity (Wildman–Crippen MR) is 98.4 cm³/mol. The summed E-state index contributed by atoms with van der Waals surface area (Å²) in [4.78, 5) is 26.4. The number of hydrogen-bond donors (Lipinski definition) is 1. The van der Waals surface area contributed by atoms with E-state index >= 15 is 0 Å². The monoisotopic (exact) mass is 410 g/mol. The second-order valence-corrected chi connectivity index (χ2v) is 6.62. The lowest BCUT2D eigenvalue weighted by atomic mass is 10.0. The van der Waals surface area contributed by atoms with E-state index in [1.807, 2.05) is 0 Å². The molecular formula is C19H21F3N4O3. The van der Waals surface area contributed by atoms with Crippen LogP contribution in [0.15, 0.2) is 36.5 Å². The molecule has 0 bridgehead atoms. The molecule has 1 aliphatic rings. The third-order valence-electron chi connectivity index (χ3n) is 4.48. The highest BCUT2D eigenvalue weighted by atomic mass is 19.4. The maximum absolute atomic E-state index is 12.5.